The molecule has 1 heterocycles. The van der Waals surface area contributed by atoms with Gasteiger partial charge in [-0.2, -0.15) is 0 Å². The van der Waals surface area contributed by atoms with Gasteiger partial charge in [0.25, 0.3) is 0 Å². The molecule has 0 radical (unpaired) electrons. The molecule has 18 heavy (non-hydrogen) atoms. The first-order valence-corrected chi connectivity index (χ1v) is 6.39. The van der Waals surface area contributed by atoms with Gasteiger partial charge in [-0.3, -0.25) is 0 Å². The Morgan fingerprint density at radius 2 is 2.11 bits per heavy atom. The number of benzene rings is 1. The molecular formula is C13H10ClNO2S. The van der Waals surface area contributed by atoms with E-state index in [-0.39, 0.29) is 0 Å². The van der Waals surface area contributed by atoms with Gasteiger partial charge in [-0.05, 0) is 42.8 Å². The Hall–Kier alpha value is -1.52. The van der Waals surface area contributed by atoms with Crippen molar-refractivity contribution in [3.63, 3.8) is 0 Å². The first-order chi connectivity index (χ1) is 8.56. The Labute approximate surface area is 114 Å². The van der Waals surface area contributed by atoms with Gasteiger partial charge in [0.05, 0.1) is 10.6 Å². The zero-order valence-electron chi connectivity index (χ0n) is 9.55. The van der Waals surface area contributed by atoms with Crippen molar-refractivity contribution in [2.45, 2.75) is 16.8 Å². The van der Waals surface area contributed by atoms with Crippen molar-refractivity contribution in [2.75, 3.05) is 0 Å². The number of rotatable bonds is 3. The van der Waals surface area contributed by atoms with Gasteiger partial charge in [-0.25, -0.2) is 9.78 Å². The minimum atomic E-state index is -0.909. The van der Waals surface area contributed by atoms with Crippen molar-refractivity contribution in [1.82, 2.24) is 4.98 Å². The fourth-order valence-corrected chi connectivity index (χ4v) is 2.45. The van der Waals surface area contributed by atoms with Crippen molar-refractivity contribution < 1.29 is 9.90 Å². The Bertz CT molecular complexity index is 584. The number of carboxylic acids is 1. The van der Waals surface area contributed by atoms with Crippen LogP contribution in [0, 0.1) is 6.92 Å². The molecule has 0 aliphatic heterocycles. The van der Waals surface area contributed by atoms with E-state index in [0.29, 0.717) is 10.6 Å². The van der Waals surface area contributed by atoms with Crippen molar-refractivity contribution in [3.8, 4) is 0 Å². The summed E-state index contributed by atoms with van der Waals surface area (Å²) >= 11 is 7.23. The summed E-state index contributed by atoms with van der Waals surface area (Å²) in [5.74, 6) is -0.909. The van der Waals surface area contributed by atoms with E-state index in [0.717, 1.165) is 15.5 Å². The van der Waals surface area contributed by atoms with E-state index in [1.807, 2.05) is 12.1 Å². The SMILES string of the molecule is Cc1cc(Sc2ccc(Cl)cn2)ccc1C(=O)O. The molecule has 5 heteroatoms. The van der Waals surface area contributed by atoms with E-state index >= 15 is 0 Å². The number of nitrogens with zero attached hydrogens (tertiary/aromatic N) is 1. The molecular weight excluding hydrogens is 270 g/mol. The molecule has 0 aliphatic carbocycles. The predicted octanol–water partition coefficient (Wildman–Crippen LogP) is 3.89. The first-order valence-electron chi connectivity index (χ1n) is 5.19. The molecule has 1 aromatic carbocycles. The second-order valence-corrected chi connectivity index (χ2v) is 5.23. The van der Waals surface area contributed by atoms with Gasteiger partial charge < -0.3 is 5.11 Å². The third-order valence-electron chi connectivity index (χ3n) is 2.35. The predicted molar refractivity (Wildman–Crippen MR) is 71.5 cm³/mol. The largest absolute Gasteiger partial charge is 0.478 e. The number of hydrogen-bond acceptors (Lipinski definition) is 3. The van der Waals surface area contributed by atoms with Crippen LogP contribution < -0.4 is 0 Å². The summed E-state index contributed by atoms with van der Waals surface area (Å²) in [4.78, 5) is 16.0. The second-order valence-electron chi connectivity index (χ2n) is 3.70. The quantitative estimate of drug-likeness (QED) is 0.926. The maximum Gasteiger partial charge on any atom is 0.335 e. The zero-order chi connectivity index (χ0) is 13.1. The van der Waals surface area contributed by atoms with Crippen LogP contribution in [-0.4, -0.2) is 16.1 Å². The average Bonchev–Trinajstić information content (AvgIpc) is 2.32. The fourth-order valence-electron chi connectivity index (χ4n) is 1.48. The van der Waals surface area contributed by atoms with Crippen LogP contribution in [0.25, 0.3) is 0 Å². The lowest BCUT2D eigenvalue weighted by Gasteiger charge is -2.04. The number of pyridine rings is 1. The lowest BCUT2D eigenvalue weighted by atomic mass is 10.1. The number of carbonyl (C=O) groups is 1. The fraction of sp³-hybridized carbons (Fsp3) is 0.0769. The number of hydrogen-bond donors (Lipinski definition) is 1. The third kappa shape index (κ3) is 3.03. The van der Waals surface area contributed by atoms with Crippen molar-refractivity contribution in [1.29, 1.82) is 0 Å². The maximum absolute atomic E-state index is 10.9. The summed E-state index contributed by atoms with van der Waals surface area (Å²) in [6.07, 6.45) is 1.59. The Morgan fingerprint density at radius 3 is 2.67 bits per heavy atom. The molecule has 2 rings (SSSR count). The van der Waals surface area contributed by atoms with Gasteiger partial charge in [0, 0.05) is 11.1 Å². The number of aromatic nitrogens is 1. The molecule has 1 aromatic heterocycles. The van der Waals surface area contributed by atoms with Crippen LogP contribution >= 0.6 is 23.4 Å². The third-order valence-corrected chi connectivity index (χ3v) is 3.51. The summed E-state index contributed by atoms with van der Waals surface area (Å²) in [6.45, 7) is 1.78. The lowest BCUT2D eigenvalue weighted by molar-refractivity contribution is 0.0696. The van der Waals surface area contributed by atoms with Gasteiger partial charge in [-0.1, -0.05) is 23.4 Å². The Morgan fingerprint density at radius 1 is 1.33 bits per heavy atom. The summed E-state index contributed by atoms with van der Waals surface area (Å²) < 4.78 is 0. The number of aryl methyl sites for hydroxylation is 1. The Kier molecular flexibility index (Phi) is 3.89. The monoisotopic (exact) mass is 279 g/mol. The molecule has 0 amide bonds. The first kappa shape index (κ1) is 12.9. The van der Waals surface area contributed by atoms with E-state index in [4.69, 9.17) is 16.7 Å². The molecule has 0 aliphatic rings. The highest BCUT2D eigenvalue weighted by Crippen LogP contribution is 2.28. The zero-order valence-corrected chi connectivity index (χ0v) is 11.1. The molecule has 2 aromatic rings. The van der Waals surface area contributed by atoms with Crippen LogP contribution in [0.1, 0.15) is 15.9 Å². The smallest absolute Gasteiger partial charge is 0.335 e. The van der Waals surface area contributed by atoms with Crippen LogP contribution in [0.4, 0.5) is 0 Å². The maximum atomic E-state index is 10.9. The Balaban J connectivity index is 2.22. The van der Waals surface area contributed by atoms with Gasteiger partial charge in [0.15, 0.2) is 0 Å². The van der Waals surface area contributed by atoms with Crippen LogP contribution in [0.15, 0.2) is 46.5 Å². The highest BCUT2D eigenvalue weighted by atomic mass is 35.5. The average molecular weight is 280 g/mol. The van der Waals surface area contributed by atoms with E-state index in [1.54, 1.807) is 31.3 Å². The molecule has 0 saturated carbocycles. The molecule has 0 unspecified atom stereocenters. The van der Waals surface area contributed by atoms with Gasteiger partial charge >= 0.3 is 5.97 Å². The van der Waals surface area contributed by atoms with E-state index in [1.165, 1.54) is 11.8 Å². The van der Waals surface area contributed by atoms with Crippen molar-refractivity contribution in [3.05, 3.63) is 52.7 Å². The highest BCUT2D eigenvalue weighted by molar-refractivity contribution is 7.99. The summed E-state index contributed by atoms with van der Waals surface area (Å²) in [7, 11) is 0. The van der Waals surface area contributed by atoms with E-state index in [2.05, 4.69) is 4.98 Å². The molecule has 1 N–H and O–H groups in total. The van der Waals surface area contributed by atoms with Gasteiger partial charge in [0.1, 0.15) is 5.03 Å². The summed E-state index contributed by atoms with van der Waals surface area (Å²) in [5, 5.41) is 10.4. The molecule has 0 atom stereocenters. The summed E-state index contributed by atoms with van der Waals surface area (Å²) in [5.41, 5.74) is 1.06. The molecule has 3 nitrogen and oxygen atoms in total. The van der Waals surface area contributed by atoms with Crippen molar-refractivity contribution in [2.24, 2.45) is 0 Å². The van der Waals surface area contributed by atoms with E-state index in [9.17, 15) is 4.79 Å². The normalized spacial score (nSPS) is 10.3. The number of carboxylic acid groups (broad SMARTS) is 1. The molecule has 0 fully saturated rings. The van der Waals surface area contributed by atoms with Crippen LogP contribution in [0.3, 0.4) is 0 Å². The minimum Gasteiger partial charge on any atom is -0.478 e. The summed E-state index contributed by atoms with van der Waals surface area (Å²) in [6, 6.07) is 8.82. The minimum absolute atomic E-state index is 0.323. The van der Waals surface area contributed by atoms with Gasteiger partial charge in [0.2, 0.25) is 0 Å². The van der Waals surface area contributed by atoms with Gasteiger partial charge in [-0.15, -0.1) is 0 Å². The lowest BCUT2D eigenvalue weighted by Crippen LogP contribution is -1.99. The number of aromatic carboxylic acids is 1. The van der Waals surface area contributed by atoms with Crippen LogP contribution in [0.2, 0.25) is 5.02 Å². The second kappa shape index (κ2) is 5.42. The molecule has 92 valence electrons. The molecule has 0 spiro atoms. The topological polar surface area (TPSA) is 50.2 Å². The number of halogens is 1. The van der Waals surface area contributed by atoms with Crippen LogP contribution in [-0.2, 0) is 0 Å². The van der Waals surface area contributed by atoms with Crippen molar-refractivity contribution >= 4 is 29.3 Å². The van der Waals surface area contributed by atoms with E-state index < -0.39 is 5.97 Å². The molecule has 0 saturated heterocycles. The highest BCUT2D eigenvalue weighted by Gasteiger charge is 2.08. The standard InChI is InChI=1S/C13H10ClNO2S/c1-8-6-10(3-4-11(8)13(16)17)18-12-5-2-9(14)7-15-12/h2-7H,1H3,(H,16,17). The van der Waals surface area contributed by atoms with Crippen LogP contribution in [0.5, 0.6) is 0 Å². The molecule has 0 bridgehead atoms.